The molecule has 27 heavy (non-hydrogen) atoms. The molecule has 1 fully saturated rings. The first-order chi connectivity index (χ1) is 12.4. The third kappa shape index (κ3) is 3.90. The van der Waals surface area contributed by atoms with E-state index in [9.17, 15) is 13.2 Å². The van der Waals surface area contributed by atoms with Gasteiger partial charge in [-0.15, -0.1) is 0 Å². The van der Waals surface area contributed by atoms with Crippen LogP contribution in [0.1, 0.15) is 44.8 Å². The largest absolute Gasteiger partial charge is 0.480 e. The SMILES string of the molecule is CC1(C)OB([C@H](N)c2ccc(-c3ccc(C(F)(F)F)cc3)cc2)OC1(C)C. The zero-order valence-electron chi connectivity index (χ0n) is 15.8. The maximum Gasteiger partial charge on any atom is 0.480 e. The van der Waals surface area contributed by atoms with Crippen molar-refractivity contribution in [3.8, 4) is 11.1 Å². The summed E-state index contributed by atoms with van der Waals surface area (Å²) in [5.74, 6) is -0.465. The Labute approximate surface area is 157 Å². The number of nitrogens with two attached hydrogens (primary N) is 1. The fourth-order valence-electron chi connectivity index (χ4n) is 2.94. The van der Waals surface area contributed by atoms with Gasteiger partial charge in [0.2, 0.25) is 0 Å². The molecular weight excluding hydrogens is 354 g/mol. The van der Waals surface area contributed by atoms with Gasteiger partial charge >= 0.3 is 13.3 Å². The molecule has 144 valence electrons. The highest BCUT2D eigenvalue weighted by Gasteiger charge is 2.53. The quantitative estimate of drug-likeness (QED) is 0.766. The van der Waals surface area contributed by atoms with E-state index in [1.807, 2.05) is 52.0 Å². The minimum Gasteiger partial charge on any atom is -0.402 e. The Hall–Kier alpha value is -1.83. The van der Waals surface area contributed by atoms with Crippen molar-refractivity contribution in [3.05, 3.63) is 59.7 Å². The molecule has 0 aliphatic carbocycles. The van der Waals surface area contributed by atoms with Gasteiger partial charge in [0.05, 0.1) is 22.7 Å². The maximum absolute atomic E-state index is 12.7. The van der Waals surface area contributed by atoms with E-state index in [1.54, 1.807) is 0 Å². The Morgan fingerprint density at radius 1 is 0.815 bits per heavy atom. The second-order valence-corrected chi connectivity index (χ2v) is 7.85. The molecule has 7 heteroatoms. The number of halogens is 3. The van der Waals surface area contributed by atoms with Crippen molar-refractivity contribution in [2.24, 2.45) is 5.73 Å². The third-order valence-corrected chi connectivity index (χ3v) is 5.41. The number of hydrogen-bond acceptors (Lipinski definition) is 3. The fourth-order valence-corrected chi connectivity index (χ4v) is 2.94. The first-order valence-corrected chi connectivity index (χ1v) is 8.79. The zero-order valence-corrected chi connectivity index (χ0v) is 15.8. The van der Waals surface area contributed by atoms with Gasteiger partial charge in [0.15, 0.2) is 0 Å². The lowest BCUT2D eigenvalue weighted by Gasteiger charge is -2.32. The molecule has 2 N–H and O–H groups in total. The van der Waals surface area contributed by atoms with Crippen LogP contribution in [0.25, 0.3) is 11.1 Å². The zero-order chi connectivity index (χ0) is 20.0. The lowest BCUT2D eigenvalue weighted by Crippen LogP contribution is -2.41. The molecule has 1 atom stereocenters. The molecule has 0 bridgehead atoms. The highest BCUT2D eigenvalue weighted by Crippen LogP contribution is 2.39. The van der Waals surface area contributed by atoms with Crippen molar-refractivity contribution >= 4 is 7.12 Å². The van der Waals surface area contributed by atoms with Crippen LogP contribution in [-0.2, 0) is 15.5 Å². The van der Waals surface area contributed by atoms with E-state index < -0.39 is 36.0 Å². The van der Waals surface area contributed by atoms with E-state index in [4.69, 9.17) is 15.0 Å². The van der Waals surface area contributed by atoms with Crippen LogP contribution < -0.4 is 5.73 Å². The highest BCUT2D eigenvalue weighted by molar-refractivity contribution is 6.47. The number of hydrogen-bond donors (Lipinski definition) is 1. The molecule has 0 unspecified atom stereocenters. The van der Waals surface area contributed by atoms with Crippen LogP contribution in [-0.4, -0.2) is 18.3 Å². The summed E-state index contributed by atoms with van der Waals surface area (Å²) in [6, 6.07) is 12.5. The van der Waals surface area contributed by atoms with Gasteiger partial charge in [-0.05, 0) is 56.5 Å². The van der Waals surface area contributed by atoms with Crippen LogP contribution >= 0.6 is 0 Å². The summed E-state index contributed by atoms with van der Waals surface area (Å²) in [5, 5.41) is 0. The first kappa shape index (κ1) is 19.9. The van der Waals surface area contributed by atoms with Gasteiger partial charge in [0.25, 0.3) is 0 Å². The van der Waals surface area contributed by atoms with E-state index >= 15 is 0 Å². The first-order valence-electron chi connectivity index (χ1n) is 8.79. The van der Waals surface area contributed by atoms with Crippen LogP contribution in [0.4, 0.5) is 13.2 Å². The summed E-state index contributed by atoms with van der Waals surface area (Å²) in [4.78, 5) is 0. The van der Waals surface area contributed by atoms with Crippen molar-refractivity contribution in [1.82, 2.24) is 0 Å². The molecule has 3 nitrogen and oxygen atoms in total. The molecule has 2 aromatic rings. The molecule has 2 aromatic carbocycles. The van der Waals surface area contributed by atoms with Crippen molar-refractivity contribution in [3.63, 3.8) is 0 Å². The molecule has 0 spiro atoms. The molecule has 1 saturated heterocycles. The molecule has 1 aliphatic rings. The van der Waals surface area contributed by atoms with Gasteiger partial charge in [-0.3, -0.25) is 0 Å². The summed E-state index contributed by atoms with van der Waals surface area (Å²) >= 11 is 0. The van der Waals surface area contributed by atoms with Gasteiger partial charge in [0, 0.05) is 0 Å². The number of benzene rings is 2. The molecular formula is C20H23BF3NO2. The molecule has 3 rings (SSSR count). The van der Waals surface area contributed by atoms with Crippen LogP contribution in [0.5, 0.6) is 0 Å². The van der Waals surface area contributed by atoms with Crippen LogP contribution in [0.2, 0.25) is 0 Å². The Kier molecular flexibility index (Phi) is 4.91. The summed E-state index contributed by atoms with van der Waals surface area (Å²) in [7, 11) is -0.563. The van der Waals surface area contributed by atoms with Crippen molar-refractivity contribution in [2.75, 3.05) is 0 Å². The Morgan fingerprint density at radius 3 is 1.63 bits per heavy atom. The average molecular weight is 377 g/mol. The summed E-state index contributed by atoms with van der Waals surface area (Å²) in [6.45, 7) is 7.86. The molecule has 1 aliphatic heterocycles. The Bertz CT molecular complexity index is 785. The van der Waals surface area contributed by atoms with Gasteiger partial charge in [-0.2, -0.15) is 13.2 Å². The smallest absolute Gasteiger partial charge is 0.402 e. The normalized spacial score (nSPS) is 19.9. The fraction of sp³-hybridized carbons (Fsp3) is 0.400. The minimum atomic E-state index is -4.34. The summed E-state index contributed by atoms with van der Waals surface area (Å²) in [5.41, 5.74) is 7.09. The van der Waals surface area contributed by atoms with Crippen molar-refractivity contribution in [2.45, 2.75) is 51.0 Å². The predicted octanol–water partition coefficient (Wildman–Crippen LogP) is 5.00. The van der Waals surface area contributed by atoms with Crippen LogP contribution in [0, 0.1) is 0 Å². The summed E-state index contributed by atoms with van der Waals surface area (Å²) < 4.78 is 50.0. The lowest BCUT2D eigenvalue weighted by molar-refractivity contribution is -0.137. The highest BCUT2D eigenvalue weighted by atomic mass is 19.4. The monoisotopic (exact) mass is 377 g/mol. The Morgan fingerprint density at radius 2 is 1.22 bits per heavy atom. The lowest BCUT2D eigenvalue weighted by atomic mass is 9.74. The van der Waals surface area contributed by atoms with E-state index in [-0.39, 0.29) is 0 Å². The van der Waals surface area contributed by atoms with Crippen LogP contribution in [0.3, 0.4) is 0 Å². The Balaban J connectivity index is 1.76. The summed E-state index contributed by atoms with van der Waals surface area (Å²) in [6.07, 6.45) is -4.34. The van der Waals surface area contributed by atoms with Crippen molar-refractivity contribution < 1.29 is 22.5 Å². The standard InChI is InChI=1S/C20H23BF3NO2/c1-18(2)19(3,4)27-21(26-18)17(25)15-7-5-13(6-8-15)14-9-11-16(12-10-14)20(22,23)24/h5-12,17H,25H2,1-4H3/t17-/m1/s1. The molecule has 0 radical (unpaired) electrons. The number of rotatable bonds is 3. The molecule has 1 heterocycles. The number of alkyl halides is 3. The van der Waals surface area contributed by atoms with Gasteiger partial charge in [0.1, 0.15) is 0 Å². The predicted molar refractivity (Wildman–Crippen MR) is 99.9 cm³/mol. The van der Waals surface area contributed by atoms with Gasteiger partial charge in [-0.25, -0.2) is 0 Å². The van der Waals surface area contributed by atoms with Gasteiger partial charge in [-0.1, -0.05) is 36.4 Å². The topological polar surface area (TPSA) is 44.5 Å². The third-order valence-electron chi connectivity index (χ3n) is 5.41. The van der Waals surface area contributed by atoms with Crippen LogP contribution in [0.15, 0.2) is 48.5 Å². The van der Waals surface area contributed by atoms with Gasteiger partial charge < -0.3 is 15.0 Å². The second kappa shape index (κ2) is 6.65. The van der Waals surface area contributed by atoms with E-state index in [0.29, 0.717) is 5.56 Å². The van der Waals surface area contributed by atoms with E-state index in [0.717, 1.165) is 23.3 Å². The second-order valence-electron chi connectivity index (χ2n) is 7.85. The molecule has 0 amide bonds. The van der Waals surface area contributed by atoms with E-state index in [2.05, 4.69) is 0 Å². The maximum atomic E-state index is 12.7. The van der Waals surface area contributed by atoms with E-state index in [1.165, 1.54) is 12.1 Å². The minimum absolute atomic E-state index is 0.463. The van der Waals surface area contributed by atoms with Crippen molar-refractivity contribution in [1.29, 1.82) is 0 Å². The average Bonchev–Trinajstić information content (AvgIpc) is 2.81. The molecule has 0 aromatic heterocycles. The molecule has 0 saturated carbocycles.